The van der Waals surface area contributed by atoms with E-state index in [-0.39, 0.29) is 24.7 Å². The van der Waals surface area contributed by atoms with Gasteiger partial charge in [-0.15, -0.1) is 0 Å². The number of nitrogens with one attached hydrogen (secondary N) is 1. The molecular formula is C16H16F3NO3S. The Balaban J connectivity index is 1.82. The van der Waals surface area contributed by atoms with Gasteiger partial charge in [0.05, 0.1) is 11.3 Å². The fourth-order valence-corrected chi connectivity index (χ4v) is 3.10. The molecule has 0 aliphatic carbocycles. The van der Waals surface area contributed by atoms with Gasteiger partial charge in [-0.05, 0) is 23.8 Å². The van der Waals surface area contributed by atoms with Crippen LogP contribution in [0.1, 0.15) is 11.1 Å². The summed E-state index contributed by atoms with van der Waals surface area (Å²) in [5, 5.41) is 0. The van der Waals surface area contributed by atoms with Crippen molar-refractivity contribution in [3.63, 3.8) is 0 Å². The zero-order valence-electron chi connectivity index (χ0n) is 12.6. The van der Waals surface area contributed by atoms with E-state index in [1.54, 1.807) is 30.3 Å². The fraction of sp³-hybridized carbons (Fsp3) is 0.250. The van der Waals surface area contributed by atoms with Crippen molar-refractivity contribution in [2.75, 3.05) is 13.2 Å². The molecule has 4 nitrogen and oxygen atoms in total. The second kappa shape index (κ2) is 7.67. The zero-order chi connectivity index (χ0) is 17.6. The zero-order valence-corrected chi connectivity index (χ0v) is 13.4. The third kappa shape index (κ3) is 5.86. The summed E-state index contributed by atoms with van der Waals surface area (Å²) in [5.41, 5.74) is -0.173. The van der Waals surface area contributed by atoms with E-state index < -0.39 is 21.8 Å². The van der Waals surface area contributed by atoms with Crippen LogP contribution < -0.4 is 9.46 Å². The Labute approximate surface area is 138 Å². The second-order valence-corrected chi connectivity index (χ2v) is 6.82. The second-order valence-electron chi connectivity index (χ2n) is 5.01. The summed E-state index contributed by atoms with van der Waals surface area (Å²) >= 11 is 0. The van der Waals surface area contributed by atoms with Crippen molar-refractivity contribution >= 4 is 10.0 Å². The monoisotopic (exact) mass is 359 g/mol. The maximum atomic E-state index is 12.6. The molecule has 0 amide bonds. The molecular weight excluding hydrogens is 343 g/mol. The minimum Gasteiger partial charge on any atom is -0.492 e. The van der Waals surface area contributed by atoms with E-state index in [0.29, 0.717) is 5.56 Å². The molecule has 24 heavy (non-hydrogen) atoms. The molecule has 0 saturated heterocycles. The van der Waals surface area contributed by atoms with Crippen molar-refractivity contribution in [2.45, 2.75) is 11.9 Å². The Morgan fingerprint density at radius 3 is 2.38 bits per heavy atom. The third-order valence-electron chi connectivity index (χ3n) is 3.05. The first-order valence-electron chi connectivity index (χ1n) is 7.08. The standard InChI is InChI=1S/C16H16F3NO3S/c17-16(18,19)14-7-4-8-15(11-14)23-10-9-20-24(21,22)12-13-5-2-1-3-6-13/h1-8,11,20H,9-10,12H2. The lowest BCUT2D eigenvalue weighted by atomic mass is 10.2. The van der Waals surface area contributed by atoms with Gasteiger partial charge in [-0.25, -0.2) is 13.1 Å². The maximum Gasteiger partial charge on any atom is 0.416 e. The summed E-state index contributed by atoms with van der Waals surface area (Å²) < 4.78 is 69.0. The molecule has 2 aromatic rings. The number of alkyl halides is 3. The molecule has 0 heterocycles. The van der Waals surface area contributed by atoms with Gasteiger partial charge in [0.1, 0.15) is 12.4 Å². The molecule has 130 valence electrons. The van der Waals surface area contributed by atoms with Gasteiger partial charge in [-0.2, -0.15) is 13.2 Å². The molecule has 1 N–H and O–H groups in total. The van der Waals surface area contributed by atoms with Crippen molar-refractivity contribution < 1.29 is 26.3 Å². The molecule has 0 aliphatic heterocycles. The van der Waals surface area contributed by atoms with Crippen LogP contribution in [0.4, 0.5) is 13.2 Å². The first-order chi connectivity index (χ1) is 11.3. The number of hydrogen-bond donors (Lipinski definition) is 1. The lowest BCUT2D eigenvalue weighted by Gasteiger charge is -2.11. The minimum absolute atomic E-state index is 0.0343. The Bertz CT molecular complexity index is 762. The molecule has 0 aliphatic rings. The molecule has 0 radical (unpaired) electrons. The van der Waals surface area contributed by atoms with E-state index in [0.717, 1.165) is 12.1 Å². The van der Waals surface area contributed by atoms with E-state index >= 15 is 0 Å². The summed E-state index contributed by atoms with van der Waals surface area (Å²) in [6.45, 7) is -0.110. The molecule has 0 fully saturated rings. The van der Waals surface area contributed by atoms with Crippen molar-refractivity contribution in [3.05, 3.63) is 65.7 Å². The predicted molar refractivity (Wildman–Crippen MR) is 84.0 cm³/mol. The smallest absolute Gasteiger partial charge is 0.416 e. The van der Waals surface area contributed by atoms with Gasteiger partial charge in [0.2, 0.25) is 10.0 Å². The Kier molecular flexibility index (Phi) is 5.84. The SMILES string of the molecule is O=S(=O)(Cc1ccccc1)NCCOc1cccc(C(F)(F)F)c1. The number of rotatable bonds is 7. The average molecular weight is 359 g/mol. The highest BCUT2D eigenvalue weighted by atomic mass is 32.2. The van der Waals surface area contributed by atoms with Crippen molar-refractivity contribution in [2.24, 2.45) is 0 Å². The highest BCUT2D eigenvalue weighted by Gasteiger charge is 2.30. The molecule has 0 bridgehead atoms. The predicted octanol–water partition coefficient (Wildman–Crippen LogP) is 3.20. The quantitative estimate of drug-likeness (QED) is 0.773. The van der Waals surface area contributed by atoms with E-state index in [1.165, 1.54) is 12.1 Å². The normalized spacial score (nSPS) is 12.1. The van der Waals surface area contributed by atoms with Crippen molar-refractivity contribution in [3.8, 4) is 5.75 Å². The van der Waals surface area contributed by atoms with Crippen LogP contribution in [-0.2, 0) is 22.0 Å². The van der Waals surface area contributed by atoms with Crippen molar-refractivity contribution in [1.82, 2.24) is 4.72 Å². The van der Waals surface area contributed by atoms with Gasteiger partial charge in [0.15, 0.2) is 0 Å². The number of ether oxygens (including phenoxy) is 1. The van der Waals surface area contributed by atoms with Crippen LogP contribution in [0.2, 0.25) is 0 Å². The Morgan fingerprint density at radius 2 is 1.71 bits per heavy atom. The molecule has 0 atom stereocenters. The molecule has 0 unspecified atom stereocenters. The average Bonchev–Trinajstić information content (AvgIpc) is 2.52. The summed E-state index contributed by atoms with van der Waals surface area (Å²) in [5.74, 6) is -0.135. The molecule has 0 aromatic heterocycles. The summed E-state index contributed by atoms with van der Waals surface area (Å²) in [4.78, 5) is 0. The topological polar surface area (TPSA) is 55.4 Å². The minimum atomic E-state index is -4.45. The van der Waals surface area contributed by atoms with Gasteiger partial charge in [0.25, 0.3) is 0 Å². The highest BCUT2D eigenvalue weighted by Crippen LogP contribution is 2.31. The van der Waals surface area contributed by atoms with Crippen LogP contribution in [0.15, 0.2) is 54.6 Å². The largest absolute Gasteiger partial charge is 0.492 e. The van der Waals surface area contributed by atoms with Crippen LogP contribution in [0, 0.1) is 0 Å². The first kappa shape index (κ1) is 18.3. The van der Waals surface area contributed by atoms with Crippen LogP contribution in [0.3, 0.4) is 0 Å². The third-order valence-corrected chi connectivity index (χ3v) is 4.41. The van der Waals surface area contributed by atoms with E-state index in [2.05, 4.69) is 4.72 Å². The Morgan fingerprint density at radius 1 is 1.00 bits per heavy atom. The van der Waals surface area contributed by atoms with Gasteiger partial charge in [-0.1, -0.05) is 36.4 Å². The molecule has 2 rings (SSSR count). The van der Waals surface area contributed by atoms with E-state index in [1.807, 2.05) is 0 Å². The van der Waals surface area contributed by atoms with Crippen LogP contribution in [-0.4, -0.2) is 21.6 Å². The summed E-state index contributed by atoms with van der Waals surface area (Å²) in [7, 11) is -3.53. The molecule has 0 saturated carbocycles. The number of sulfonamides is 1. The molecule has 2 aromatic carbocycles. The first-order valence-corrected chi connectivity index (χ1v) is 8.73. The van der Waals surface area contributed by atoms with Crippen LogP contribution in [0.5, 0.6) is 5.75 Å². The highest BCUT2D eigenvalue weighted by molar-refractivity contribution is 7.88. The van der Waals surface area contributed by atoms with Gasteiger partial charge in [0, 0.05) is 6.54 Å². The Hall–Kier alpha value is -2.06. The van der Waals surface area contributed by atoms with Crippen molar-refractivity contribution in [1.29, 1.82) is 0 Å². The molecule has 8 heteroatoms. The van der Waals surface area contributed by atoms with E-state index in [4.69, 9.17) is 4.74 Å². The van der Waals surface area contributed by atoms with Crippen LogP contribution >= 0.6 is 0 Å². The maximum absolute atomic E-state index is 12.6. The number of hydrogen-bond acceptors (Lipinski definition) is 3. The van der Waals surface area contributed by atoms with E-state index in [9.17, 15) is 21.6 Å². The van der Waals surface area contributed by atoms with Gasteiger partial charge >= 0.3 is 6.18 Å². The van der Waals surface area contributed by atoms with Gasteiger partial charge < -0.3 is 4.74 Å². The summed E-state index contributed by atoms with van der Waals surface area (Å²) in [6.07, 6.45) is -4.45. The molecule has 0 spiro atoms. The number of benzene rings is 2. The van der Waals surface area contributed by atoms with Gasteiger partial charge in [-0.3, -0.25) is 0 Å². The summed E-state index contributed by atoms with van der Waals surface area (Å²) in [6, 6.07) is 13.1. The lowest BCUT2D eigenvalue weighted by molar-refractivity contribution is -0.137. The number of halogens is 3. The lowest BCUT2D eigenvalue weighted by Crippen LogP contribution is -2.29. The van der Waals surface area contributed by atoms with Crippen LogP contribution in [0.25, 0.3) is 0 Å². The fourth-order valence-electron chi connectivity index (χ4n) is 1.97.